The van der Waals surface area contributed by atoms with Crippen molar-refractivity contribution in [2.24, 2.45) is 0 Å². The number of hydrogen-bond acceptors (Lipinski definition) is 5. The summed E-state index contributed by atoms with van der Waals surface area (Å²) in [6, 6.07) is 21.1. The summed E-state index contributed by atoms with van der Waals surface area (Å²) in [7, 11) is 0. The average molecular weight is 414 g/mol. The number of ether oxygens (including phenoxy) is 1. The Kier molecular flexibility index (Phi) is 4.65. The molecular formula is C23H18N4O2S. The highest BCUT2D eigenvalue weighted by atomic mass is 32.1. The molecule has 0 radical (unpaired) electrons. The van der Waals surface area contributed by atoms with E-state index >= 15 is 0 Å². The third-order valence-electron chi connectivity index (χ3n) is 4.75. The first-order valence-corrected chi connectivity index (χ1v) is 10.5. The summed E-state index contributed by atoms with van der Waals surface area (Å²) in [6.45, 7) is 2.53. The van der Waals surface area contributed by atoms with E-state index in [1.807, 2.05) is 79.0 Å². The van der Waals surface area contributed by atoms with Gasteiger partial charge in [0.15, 0.2) is 11.5 Å². The second-order valence-electron chi connectivity index (χ2n) is 6.61. The van der Waals surface area contributed by atoms with Crippen LogP contribution in [-0.2, 0) is 0 Å². The number of rotatable bonds is 5. The van der Waals surface area contributed by atoms with Crippen LogP contribution in [0.15, 0.2) is 83.1 Å². The van der Waals surface area contributed by atoms with Crippen molar-refractivity contribution >= 4 is 22.4 Å². The summed E-state index contributed by atoms with van der Waals surface area (Å²) >= 11 is 1.54. The Morgan fingerprint density at radius 3 is 2.47 bits per heavy atom. The van der Waals surface area contributed by atoms with Gasteiger partial charge in [0.1, 0.15) is 11.1 Å². The van der Waals surface area contributed by atoms with Gasteiger partial charge in [0.05, 0.1) is 29.1 Å². The topological polar surface area (TPSA) is 61.9 Å². The van der Waals surface area contributed by atoms with Crippen LogP contribution in [0, 0.1) is 0 Å². The van der Waals surface area contributed by atoms with Crippen LogP contribution in [0.4, 0.5) is 0 Å². The summed E-state index contributed by atoms with van der Waals surface area (Å²) in [5.74, 6) is 1.35. The average Bonchev–Trinajstić information content (AvgIpc) is 3.46. The SMILES string of the molecule is CCOc1ccc(-n2c(-c3cccs3)nc3c(cnn3-c3ccccc3)c2=O)cc1. The molecule has 0 atom stereocenters. The lowest BCUT2D eigenvalue weighted by molar-refractivity contribution is 0.340. The lowest BCUT2D eigenvalue weighted by Crippen LogP contribution is -2.21. The minimum Gasteiger partial charge on any atom is -0.494 e. The van der Waals surface area contributed by atoms with E-state index in [4.69, 9.17) is 9.72 Å². The van der Waals surface area contributed by atoms with Gasteiger partial charge >= 0.3 is 0 Å². The lowest BCUT2D eigenvalue weighted by Gasteiger charge is -2.13. The van der Waals surface area contributed by atoms with Crippen LogP contribution in [0.5, 0.6) is 5.75 Å². The molecule has 0 unspecified atom stereocenters. The van der Waals surface area contributed by atoms with Crippen molar-refractivity contribution in [3.05, 3.63) is 88.7 Å². The van der Waals surface area contributed by atoms with Gasteiger partial charge in [-0.3, -0.25) is 9.36 Å². The standard InChI is InChI=1S/C23H18N4O2S/c1-2-29-18-12-10-16(11-13-18)26-22(20-9-6-14-30-20)25-21-19(23(26)28)15-24-27(21)17-7-4-3-5-8-17/h3-15H,2H2,1H3. The normalized spacial score (nSPS) is 11.1. The second-order valence-corrected chi connectivity index (χ2v) is 7.56. The fourth-order valence-electron chi connectivity index (χ4n) is 3.39. The van der Waals surface area contributed by atoms with Crippen molar-refractivity contribution in [2.45, 2.75) is 6.92 Å². The first kappa shape index (κ1) is 18.3. The van der Waals surface area contributed by atoms with Gasteiger partial charge < -0.3 is 4.74 Å². The number of thiophene rings is 1. The Morgan fingerprint density at radius 2 is 1.77 bits per heavy atom. The second kappa shape index (κ2) is 7.61. The zero-order chi connectivity index (χ0) is 20.5. The highest BCUT2D eigenvalue weighted by Crippen LogP contribution is 2.27. The zero-order valence-electron chi connectivity index (χ0n) is 16.2. The molecule has 0 aliphatic rings. The molecule has 0 bridgehead atoms. The molecule has 0 aliphatic carbocycles. The molecule has 0 spiro atoms. The third-order valence-corrected chi connectivity index (χ3v) is 5.61. The number of fused-ring (bicyclic) bond motifs is 1. The van der Waals surface area contributed by atoms with Gasteiger partial charge in [-0.05, 0) is 54.8 Å². The number of hydrogen-bond donors (Lipinski definition) is 0. The van der Waals surface area contributed by atoms with Crippen LogP contribution in [0.2, 0.25) is 0 Å². The minimum atomic E-state index is -0.158. The van der Waals surface area contributed by atoms with Crippen LogP contribution >= 0.6 is 11.3 Å². The Morgan fingerprint density at radius 1 is 0.967 bits per heavy atom. The molecule has 148 valence electrons. The Hall–Kier alpha value is -3.71. The fraction of sp³-hybridized carbons (Fsp3) is 0.0870. The maximum absolute atomic E-state index is 13.5. The van der Waals surface area contributed by atoms with E-state index in [9.17, 15) is 4.79 Å². The predicted molar refractivity (Wildman–Crippen MR) is 119 cm³/mol. The molecular weight excluding hydrogens is 396 g/mol. The van der Waals surface area contributed by atoms with Crippen LogP contribution < -0.4 is 10.3 Å². The maximum Gasteiger partial charge on any atom is 0.269 e. The van der Waals surface area contributed by atoms with Crippen molar-refractivity contribution in [3.8, 4) is 27.8 Å². The van der Waals surface area contributed by atoms with Crippen LogP contribution in [0.25, 0.3) is 33.1 Å². The smallest absolute Gasteiger partial charge is 0.269 e. The van der Waals surface area contributed by atoms with Crippen molar-refractivity contribution < 1.29 is 4.74 Å². The van der Waals surface area contributed by atoms with Gasteiger partial charge in [-0.2, -0.15) is 5.10 Å². The molecule has 2 aromatic carbocycles. The van der Waals surface area contributed by atoms with Gasteiger partial charge in [0.2, 0.25) is 0 Å². The van der Waals surface area contributed by atoms with Gasteiger partial charge in [0, 0.05) is 0 Å². The molecule has 6 nitrogen and oxygen atoms in total. The van der Waals surface area contributed by atoms with Crippen molar-refractivity contribution in [2.75, 3.05) is 6.61 Å². The summed E-state index contributed by atoms with van der Waals surface area (Å²) in [4.78, 5) is 19.3. The molecule has 0 saturated heterocycles. The fourth-order valence-corrected chi connectivity index (χ4v) is 4.10. The van der Waals surface area contributed by atoms with Gasteiger partial charge in [-0.1, -0.05) is 24.3 Å². The highest BCUT2D eigenvalue weighted by Gasteiger charge is 2.19. The molecule has 3 aromatic heterocycles. The maximum atomic E-state index is 13.5. The van der Waals surface area contributed by atoms with Crippen LogP contribution in [0.3, 0.4) is 0 Å². The molecule has 0 fully saturated rings. The van der Waals surface area contributed by atoms with E-state index in [2.05, 4.69) is 5.10 Å². The highest BCUT2D eigenvalue weighted by molar-refractivity contribution is 7.13. The molecule has 30 heavy (non-hydrogen) atoms. The Balaban J connectivity index is 1.77. The van der Waals surface area contributed by atoms with E-state index in [0.717, 1.165) is 22.0 Å². The summed E-state index contributed by atoms with van der Waals surface area (Å²) < 4.78 is 8.88. The van der Waals surface area contributed by atoms with Crippen molar-refractivity contribution in [1.29, 1.82) is 0 Å². The number of para-hydroxylation sites is 1. The molecule has 7 heteroatoms. The number of nitrogens with zero attached hydrogens (tertiary/aromatic N) is 4. The molecule has 0 aliphatic heterocycles. The molecule has 5 aromatic rings. The third kappa shape index (κ3) is 3.09. The zero-order valence-corrected chi connectivity index (χ0v) is 17.0. The van der Waals surface area contributed by atoms with E-state index in [1.165, 1.54) is 0 Å². The largest absolute Gasteiger partial charge is 0.494 e. The van der Waals surface area contributed by atoms with Crippen molar-refractivity contribution in [3.63, 3.8) is 0 Å². The summed E-state index contributed by atoms with van der Waals surface area (Å²) in [6.07, 6.45) is 1.58. The van der Waals surface area contributed by atoms with E-state index in [1.54, 1.807) is 26.8 Å². The first-order chi connectivity index (χ1) is 14.8. The molecule has 0 saturated carbocycles. The van der Waals surface area contributed by atoms with Crippen LogP contribution in [-0.4, -0.2) is 25.9 Å². The number of benzene rings is 2. The number of aromatic nitrogens is 4. The van der Waals surface area contributed by atoms with Crippen molar-refractivity contribution in [1.82, 2.24) is 19.3 Å². The minimum absolute atomic E-state index is 0.158. The Labute approximate surface area is 176 Å². The van der Waals surface area contributed by atoms with E-state index in [0.29, 0.717) is 23.5 Å². The van der Waals surface area contributed by atoms with E-state index in [-0.39, 0.29) is 5.56 Å². The van der Waals surface area contributed by atoms with Gasteiger partial charge in [-0.15, -0.1) is 11.3 Å². The molecule has 3 heterocycles. The lowest BCUT2D eigenvalue weighted by atomic mass is 10.2. The quantitative estimate of drug-likeness (QED) is 0.418. The molecule has 0 amide bonds. The van der Waals surface area contributed by atoms with Crippen LogP contribution in [0.1, 0.15) is 6.92 Å². The van der Waals surface area contributed by atoms with Gasteiger partial charge in [-0.25, -0.2) is 9.67 Å². The van der Waals surface area contributed by atoms with E-state index < -0.39 is 0 Å². The Bertz CT molecular complexity index is 1350. The summed E-state index contributed by atoms with van der Waals surface area (Å²) in [5.41, 5.74) is 1.97. The predicted octanol–water partition coefficient (Wildman–Crippen LogP) is 4.70. The first-order valence-electron chi connectivity index (χ1n) is 9.59. The van der Waals surface area contributed by atoms with Gasteiger partial charge in [0.25, 0.3) is 5.56 Å². The summed E-state index contributed by atoms with van der Waals surface area (Å²) in [5, 5.41) is 6.89. The monoisotopic (exact) mass is 414 g/mol. The molecule has 0 N–H and O–H groups in total. The molecule has 5 rings (SSSR count).